The molecule has 0 radical (unpaired) electrons. The summed E-state index contributed by atoms with van der Waals surface area (Å²) in [4.78, 5) is 20.9. The van der Waals surface area contributed by atoms with Crippen molar-refractivity contribution in [2.75, 3.05) is 47.4 Å². The first kappa shape index (κ1) is 21.9. The molecule has 0 spiro atoms. The fourth-order valence-electron chi connectivity index (χ4n) is 1.56. The van der Waals surface area contributed by atoms with E-state index < -0.39 is 5.97 Å². The van der Waals surface area contributed by atoms with Gasteiger partial charge in [-0.25, -0.2) is 0 Å². The second-order valence-corrected chi connectivity index (χ2v) is 9.07. The van der Waals surface area contributed by atoms with Gasteiger partial charge in [-0.1, -0.05) is 12.1 Å². The van der Waals surface area contributed by atoms with Gasteiger partial charge in [0.25, 0.3) is 0 Å². The molecule has 0 aliphatic carbocycles. The van der Waals surface area contributed by atoms with Gasteiger partial charge in [0, 0.05) is 34.5 Å². The summed E-state index contributed by atoms with van der Waals surface area (Å²) in [5, 5.41) is 8.55. The monoisotopic (exact) mass is 408 g/mol. The summed E-state index contributed by atoms with van der Waals surface area (Å²) >= 11 is 6.98. The van der Waals surface area contributed by atoms with Gasteiger partial charge in [-0.05, 0) is 24.0 Å². The number of carbonyl (C=O) groups is 1. The average molecular weight is 409 g/mol. The molecule has 0 atom stereocenters. The summed E-state index contributed by atoms with van der Waals surface area (Å²) in [5.41, 5.74) is 1.23. The summed E-state index contributed by atoms with van der Waals surface area (Å²) in [7, 11) is 0. The number of aliphatic carboxylic acids is 1. The Labute approximate surface area is 161 Å². The first-order valence-electron chi connectivity index (χ1n) is 7.54. The van der Waals surface area contributed by atoms with Crippen LogP contribution in [-0.2, 0) is 15.4 Å². The Balaban J connectivity index is 2.05. The number of thioether (sulfide) groups is 4. The predicted octanol–water partition coefficient (Wildman–Crippen LogP) is 4.14. The number of hydrogen-bond acceptors (Lipinski definition) is 7. The molecule has 0 heterocycles. The van der Waals surface area contributed by atoms with Gasteiger partial charge < -0.3 is 9.99 Å². The highest BCUT2D eigenvalue weighted by atomic mass is 32.2. The molecule has 1 aromatic rings. The largest absolute Gasteiger partial charge is 0.481 e. The molecular formula is C16H24O4S4. The van der Waals surface area contributed by atoms with E-state index in [2.05, 4.69) is 6.26 Å². The zero-order chi connectivity index (χ0) is 17.5. The van der Waals surface area contributed by atoms with Crippen LogP contribution in [0.4, 0.5) is 0 Å². The van der Waals surface area contributed by atoms with Crippen LogP contribution in [0.25, 0.3) is 0 Å². The van der Waals surface area contributed by atoms with E-state index in [0.717, 1.165) is 34.5 Å². The van der Waals surface area contributed by atoms with Crippen molar-refractivity contribution in [3.63, 3.8) is 0 Å². The van der Waals surface area contributed by atoms with E-state index >= 15 is 0 Å². The lowest BCUT2D eigenvalue weighted by atomic mass is 10.2. The maximum Gasteiger partial charge on any atom is 0.313 e. The summed E-state index contributed by atoms with van der Waals surface area (Å²) in [6.07, 6.45) is 2.11. The smallest absolute Gasteiger partial charge is 0.313 e. The summed E-state index contributed by atoms with van der Waals surface area (Å²) in [5.74, 6) is 6.14. The van der Waals surface area contributed by atoms with Gasteiger partial charge in [-0.15, -0.1) is 11.8 Å². The van der Waals surface area contributed by atoms with E-state index in [1.54, 1.807) is 11.8 Å². The minimum Gasteiger partial charge on any atom is -0.481 e. The van der Waals surface area contributed by atoms with Gasteiger partial charge in [-0.2, -0.15) is 40.2 Å². The van der Waals surface area contributed by atoms with E-state index in [0.29, 0.717) is 6.61 Å². The lowest BCUT2D eigenvalue weighted by molar-refractivity contribution is -0.201. The van der Waals surface area contributed by atoms with Crippen molar-refractivity contribution in [1.29, 1.82) is 0 Å². The van der Waals surface area contributed by atoms with Crippen LogP contribution in [-0.4, -0.2) is 58.5 Å². The van der Waals surface area contributed by atoms with Gasteiger partial charge in [0.1, 0.15) is 6.61 Å². The fraction of sp³-hybridized carbons (Fsp3) is 0.562. The maximum absolute atomic E-state index is 10.4. The molecule has 0 aliphatic heterocycles. The van der Waals surface area contributed by atoms with E-state index in [4.69, 9.17) is 14.9 Å². The Morgan fingerprint density at radius 2 is 1.71 bits per heavy atom. The zero-order valence-corrected chi connectivity index (χ0v) is 17.0. The molecule has 0 saturated carbocycles. The number of carboxylic acid groups (broad SMARTS) is 1. The summed E-state index contributed by atoms with van der Waals surface area (Å²) < 4.78 is 0. The van der Waals surface area contributed by atoms with Crippen LogP contribution in [0, 0.1) is 0 Å². The van der Waals surface area contributed by atoms with Gasteiger partial charge in [0.2, 0.25) is 0 Å². The van der Waals surface area contributed by atoms with Crippen molar-refractivity contribution >= 4 is 53.0 Å². The molecule has 0 saturated heterocycles. The van der Waals surface area contributed by atoms with Crippen molar-refractivity contribution in [3.8, 4) is 5.75 Å². The minimum atomic E-state index is -0.749. The summed E-state index contributed by atoms with van der Waals surface area (Å²) in [6.45, 7) is 0.588. The third-order valence-electron chi connectivity index (χ3n) is 2.69. The van der Waals surface area contributed by atoms with Crippen LogP contribution in [0.15, 0.2) is 24.3 Å². The minimum absolute atomic E-state index is 0.183. The Bertz CT molecular complexity index is 442. The van der Waals surface area contributed by atoms with Crippen LogP contribution >= 0.6 is 47.0 Å². The molecule has 1 aromatic carbocycles. The van der Waals surface area contributed by atoms with Gasteiger partial charge in [0.05, 0.1) is 5.75 Å². The molecule has 8 heteroatoms. The highest BCUT2D eigenvalue weighted by Gasteiger charge is 2.00. The van der Waals surface area contributed by atoms with Crippen molar-refractivity contribution in [1.82, 2.24) is 0 Å². The van der Waals surface area contributed by atoms with Crippen LogP contribution in [0.2, 0.25) is 0 Å². The van der Waals surface area contributed by atoms with E-state index in [-0.39, 0.29) is 5.75 Å². The molecule has 1 rings (SSSR count). The standard InChI is InChI=1S/C16H24O4S4/c1-21-8-9-22-7-6-19-20-15-4-2-14(3-5-15)12-23-10-11-24-13-16(17)18/h2-5H,6-13H2,1H3,(H,17,18). The SMILES string of the molecule is CSCCSCCOOc1ccc(CSCCSCC(=O)O)cc1. The van der Waals surface area contributed by atoms with E-state index in [9.17, 15) is 4.79 Å². The number of benzene rings is 1. The topological polar surface area (TPSA) is 55.8 Å². The Kier molecular flexibility index (Phi) is 13.8. The quantitative estimate of drug-likeness (QED) is 0.264. The van der Waals surface area contributed by atoms with Crippen LogP contribution in [0.5, 0.6) is 5.75 Å². The Hall–Kier alpha value is -0.150. The normalized spacial score (nSPS) is 10.7. The van der Waals surface area contributed by atoms with Gasteiger partial charge >= 0.3 is 5.97 Å². The molecule has 1 N–H and O–H groups in total. The van der Waals surface area contributed by atoms with E-state index in [1.807, 2.05) is 47.8 Å². The van der Waals surface area contributed by atoms with Gasteiger partial charge in [-0.3, -0.25) is 4.79 Å². The molecular weight excluding hydrogens is 384 g/mol. The fourth-order valence-corrected chi connectivity index (χ4v) is 4.92. The molecule has 0 amide bonds. The maximum atomic E-state index is 10.4. The molecule has 0 aliphatic rings. The zero-order valence-electron chi connectivity index (χ0n) is 13.8. The molecule has 0 aromatic heterocycles. The van der Waals surface area contributed by atoms with Crippen molar-refractivity contribution in [3.05, 3.63) is 29.8 Å². The third kappa shape index (κ3) is 12.2. The number of rotatable bonds is 15. The molecule has 0 bridgehead atoms. The lowest BCUT2D eigenvalue weighted by Crippen LogP contribution is -2.02. The molecule has 24 heavy (non-hydrogen) atoms. The second kappa shape index (κ2) is 15.1. The molecule has 136 valence electrons. The Morgan fingerprint density at radius 1 is 1.00 bits per heavy atom. The van der Waals surface area contributed by atoms with Crippen molar-refractivity contribution < 1.29 is 19.7 Å². The molecule has 4 nitrogen and oxygen atoms in total. The van der Waals surface area contributed by atoms with Crippen molar-refractivity contribution in [2.24, 2.45) is 0 Å². The number of carboxylic acids is 1. The Morgan fingerprint density at radius 3 is 2.42 bits per heavy atom. The number of hydrogen-bond donors (Lipinski definition) is 1. The molecule has 0 fully saturated rings. The van der Waals surface area contributed by atoms with Crippen LogP contribution in [0.1, 0.15) is 5.56 Å². The molecule has 0 unspecified atom stereocenters. The first-order valence-corrected chi connectivity index (χ1v) is 12.4. The summed E-state index contributed by atoms with van der Waals surface area (Å²) in [6, 6.07) is 7.89. The highest BCUT2D eigenvalue weighted by Crippen LogP contribution is 2.18. The van der Waals surface area contributed by atoms with Crippen molar-refractivity contribution in [2.45, 2.75) is 5.75 Å². The first-order chi connectivity index (χ1) is 11.7. The second-order valence-electron chi connectivity index (χ2n) is 4.65. The van der Waals surface area contributed by atoms with Crippen LogP contribution in [0.3, 0.4) is 0 Å². The van der Waals surface area contributed by atoms with E-state index in [1.165, 1.54) is 23.1 Å². The van der Waals surface area contributed by atoms with Gasteiger partial charge in [0.15, 0.2) is 5.75 Å². The van der Waals surface area contributed by atoms with Crippen LogP contribution < -0.4 is 4.89 Å². The predicted molar refractivity (Wildman–Crippen MR) is 110 cm³/mol. The highest BCUT2D eigenvalue weighted by molar-refractivity contribution is 8.03. The third-order valence-corrected chi connectivity index (χ3v) is 6.74. The average Bonchev–Trinajstić information content (AvgIpc) is 2.58. The lowest BCUT2D eigenvalue weighted by Gasteiger charge is -2.06.